The van der Waals surface area contributed by atoms with Crippen LogP contribution in [0.15, 0.2) is 30.3 Å². The van der Waals surface area contributed by atoms with Crippen LogP contribution in [0.1, 0.15) is 5.56 Å². The number of cyclic esters (lactones) is 1. The van der Waals surface area contributed by atoms with Gasteiger partial charge in [-0.25, -0.2) is 0 Å². The minimum absolute atomic E-state index is 0.0395. The van der Waals surface area contributed by atoms with Gasteiger partial charge in [-0.15, -0.1) is 0 Å². The molecule has 4 heteroatoms. The molecule has 0 spiro atoms. The molecule has 1 N–H and O–H groups in total. The third-order valence-corrected chi connectivity index (χ3v) is 3.62. The number of benzene rings is 1. The molecule has 0 aromatic heterocycles. The summed E-state index contributed by atoms with van der Waals surface area (Å²) in [7, 11) is 0. The molecule has 0 unspecified atom stereocenters. The lowest BCUT2D eigenvalue weighted by Crippen LogP contribution is -2.32. The largest absolute Gasteiger partial charge is 0.464 e. The molecule has 0 radical (unpaired) electrons. The van der Waals surface area contributed by atoms with Gasteiger partial charge in [0.2, 0.25) is 0 Å². The van der Waals surface area contributed by atoms with E-state index in [2.05, 4.69) is 17.0 Å². The molecule has 0 aliphatic carbocycles. The molecule has 2 saturated heterocycles. The first kappa shape index (κ1) is 10.7. The fourth-order valence-electron chi connectivity index (χ4n) is 2.76. The van der Waals surface area contributed by atoms with Gasteiger partial charge in [-0.1, -0.05) is 30.3 Å². The SMILES string of the molecule is O=C1OC[C@H]2[C@@H]1[C@@H](O)CN2Cc1ccccc1. The van der Waals surface area contributed by atoms with Gasteiger partial charge >= 0.3 is 5.97 Å². The van der Waals surface area contributed by atoms with Gasteiger partial charge in [0.15, 0.2) is 0 Å². The number of hydrogen-bond acceptors (Lipinski definition) is 4. The lowest BCUT2D eigenvalue weighted by molar-refractivity contribution is -0.143. The van der Waals surface area contributed by atoms with E-state index in [9.17, 15) is 9.90 Å². The topological polar surface area (TPSA) is 49.8 Å². The normalized spacial score (nSPS) is 32.5. The second-order valence-corrected chi connectivity index (χ2v) is 4.71. The molecule has 0 amide bonds. The van der Waals surface area contributed by atoms with Crippen molar-refractivity contribution in [2.24, 2.45) is 5.92 Å². The second kappa shape index (κ2) is 4.13. The van der Waals surface area contributed by atoms with Crippen molar-refractivity contribution in [2.45, 2.75) is 18.7 Å². The summed E-state index contributed by atoms with van der Waals surface area (Å²) >= 11 is 0. The van der Waals surface area contributed by atoms with Crippen LogP contribution in [0.4, 0.5) is 0 Å². The van der Waals surface area contributed by atoms with Crippen molar-refractivity contribution in [3.8, 4) is 0 Å². The lowest BCUT2D eigenvalue weighted by Gasteiger charge is -2.21. The summed E-state index contributed by atoms with van der Waals surface area (Å²) in [6.45, 7) is 1.72. The van der Waals surface area contributed by atoms with E-state index in [0.717, 1.165) is 6.54 Å². The molecular weight excluding hydrogens is 218 g/mol. The maximum absolute atomic E-state index is 11.5. The second-order valence-electron chi connectivity index (χ2n) is 4.71. The standard InChI is InChI=1S/C13H15NO3/c15-11-7-14(6-9-4-2-1-3-5-9)10-8-17-13(16)12(10)11/h1-5,10-12,15H,6-8H2/t10-,11-,12+/m0/s1. The van der Waals surface area contributed by atoms with E-state index >= 15 is 0 Å². The van der Waals surface area contributed by atoms with E-state index in [1.165, 1.54) is 5.56 Å². The van der Waals surface area contributed by atoms with Gasteiger partial charge in [0.05, 0.1) is 12.1 Å². The summed E-state index contributed by atoms with van der Waals surface area (Å²) in [5.41, 5.74) is 1.19. The summed E-state index contributed by atoms with van der Waals surface area (Å²) in [6, 6.07) is 10.1. The number of carbonyl (C=O) groups excluding carboxylic acids is 1. The summed E-state index contributed by atoms with van der Waals surface area (Å²) in [5, 5.41) is 9.88. The summed E-state index contributed by atoms with van der Waals surface area (Å²) in [6.07, 6.45) is -0.585. The number of aliphatic hydroxyl groups excluding tert-OH is 1. The molecule has 17 heavy (non-hydrogen) atoms. The highest BCUT2D eigenvalue weighted by Gasteiger charge is 2.50. The summed E-state index contributed by atoms with van der Waals surface area (Å²) in [5.74, 6) is -0.600. The van der Waals surface area contributed by atoms with Gasteiger partial charge in [-0.3, -0.25) is 9.69 Å². The summed E-state index contributed by atoms with van der Waals surface area (Å²) in [4.78, 5) is 13.6. The molecule has 2 aliphatic rings. The van der Waals surface area contributed by atoms with Crippen molar-refractivity contribution >= 4 is 5.97 Å². The van der Waals surface area contributed by atoms with Crippen LogP contribution < -0.4 is 0 Å². The van der Waals surface area contributed by atoms with Crippen molar-refractivity contribution in [2.75, 3.05) is 13.2 Å². The van der Waals surface area contributed by atoms with Gasteiger partial charge in [0.25, 0.3) is 0 Å². The van der Waals surface area contributed by atoms with E-state index < -0.39 is 6.10 Å². The number of hydrogen-bond donors (Lipinski definition) is 1. The fraction of sp³-hybridized carbons (Fsp3) is 0.462. The molecular formula is C13H15NO3. The minimum atomic E-state index is -0.585. The molecule has 0 bridgehead atoms. The molecule has 3 rings (SSSR count). The zero-order valence-electron chi connectivity index (χ0n) is 9.45. The Morgan fingerprint density at radius 1 is 1.35 bits per heavy atom. The zero-order valence-corrected chi connectivity index (χ0v) is 9.45. The number of fused-ring (bicyclic) bond motifs is 1. The van der Waals surface area contributed by atoms with Gasteiger partial charge in [-0.2, -0.15) is 0 Å². The molecule has 1 aromatic carbocycles. The molecule has 3 atom stereocenters. The predicted octanol–water partition coefficient (Wildman–Crippen LogP) is 0.405. The van der Waals surface area contributed by atoms with Gasteiger partial charge in [0, 0.05) is 13.1 Å². The smallest absolute Gasteiger partial charge is 0.313 e. The number of esters is 1. The maximum atomic E-state index is 11.5. The van der Waals surface area contributed by atoms with Crippen LogP contribution >= 0.6 is 0 Å². The number of rotatable bonds is 2. The van der Waals surface area contributed by atoms with Crippen molar-refractivity contribution in [3.63, 3.8) is 0 Å². The Bertz CT molecular complexity index is 420. The van der Waals surface area contributed by atoms with Gasteiger partial charge in [-0.05, 0) is 5.56 Å². The van der Waals surface area contributed by atoms with Crippen molar-refractivity contribution in [1.82, 2.24) is 4.90 Å². The third kappa shape index (κ3) is 1.83. The van der Waals surface area contributed by atoms with E-state index in [1.807, 2.05) is 18.2 Å². The van der Waals surface area contributed by atoms with Crippen LogP contribution in [-0.4, -0.2) is 41.3 Å². The fourth-order valence-corrected chi connectivity index (χ4v) is 2.76. The molecule has 90 valence electrons. The highest BCUT2D eigenvalue weighted by molar-refractivity contribution is 5.76. The van der Waals surface area contributed by atoms with Crippen LogP contribution in [0, 0.1) is 5.92 Å². The van der Waals surface area contributed by atoms with Gasteiger partial charge < -0.3 is 9.84 Å². The zero-order chi connectivity index (χ0) is 11.8. The van der Waals surface area contributed by atoms with E-state index in [1.54, 1.807) is 0 Å². The number of β-amino-alcohol motifs (C(OH)–C–C–N with tert-alkyl or cyclic N) is 1. The van der Waals surface area contributed by atoms with E-state index in [4.69, 9.17) is 4.74 Å². The Morgan fingerprint density at radius 3 is 2.88 bits per heavy atom. The Kier molecular flexibility index (Phi) is 2.61. The lowest BCUT2D eigenvalue weighted by atomic mass is 10.0. The van der Waals surface area contributed by atoms with Crippen molar-refractivity contribution < 1.29 is 14.6 Å². The quantitative estimate of drug-likeness (QED) is 0.751. The number of likely N-dealkylation sites (tertiary alicyclic amines) is 1. The van der Waals surface area contributed by atoms with Crippen LogP contribution in [0.2, 0.25) is 0 Å². The van der Waals surface area contributed by atoms with Crippen molar-refractivity contribution in [1.29, 1.82) is 0 Å². The molecule has 0 saturated carbocycles. The highest BCUT2D eigenvalue weighted by atomic mass is 16.5. The number of carbonyl (C=O) groups is 1. The Balaban J connectivity index is 1.75. The first-order chi connectivity index (χ1) is 8.25. The Hall–Kier alpha value is -1.39. The van der Waals surface area contributed by atoms with Crippen LogP contribution in [0.5, 0.6) is 0 Å². The molecule has 2 fully saturated rings. The maximum Gasteiger partial charge on any atom is 0.313 e. The monoisotopic (exact) mass is 233 g/mol. The molecule has 1 aromatic rings. The average Bonchev–Trinajstić information content (AvgIpc) is 2.84. The van der Waals surface area contributed by atoms with Crippen LogP contribution in [0.25, 0.3) is 0 Å². The third-order valence-electron chi connectivity index (χ3n) is 3.62. The first-order valence-electron chi connectivity index (χ1n) is 5.88. The van der Waals surface area contributed by atoms with E-state index in [0.29, 0.717) is 13.2 Å². The number of nitrogens with zero attached hydrogens (tertiary/aromatic N) is 1. The Morgan fingerprint density at radius 2 is 2.12 bits per heavy atom. The average molecular weight is 233 g/mol. The minimum Gasteiger partial charge on any atom is -0.464 e. The predicted molar refractivity (Wildman–Crippen MR) is 61.1 cm³/mol. The molecule has 4 nitrogen and oxygen atoms in total. The first-order valence-corrected chi connectivity index (χ1v) is 5.88. The van der Waals surface area contributed by atoms with Gasteiger partial charge in [0.1, 0.15) is 12.5 Å². The van der Waals surface area contributed by atoms with Crippen LogP contribution in [0.3, 0.4) is 0 Å². The summed E-state index contributed by atoms with van der Waals surface area (Å²) < 4.78 is 5.02. The molecule has 2 heterocycles. The number of ether oxygens (including phenoxy) is 1. The Labute approximate surface area is 99.8 Å². The number of aliphatic hydroxyl groups is 1. The van der Waals surface area contributed by atoms with Crippen LogP contribution in [-0.2, 0) is 16.1 Å². The van der Waals surface area contributed by atoms with E-state index in [-0.39, 0.29) is 17.9 Å². The highest BCUT2D eigenvalue weighted by Crippen LogP contribution is 2.32. The molecule has 2 aliphatic heterocycles. The van der Waals surface area contributed by atoms with Crippen molar-refractivity contribution in [3.05, 3.63) is 35.9 Å².